The number of unbranched alkanes of at least 4 members (excludes halogenated alkanes) is 3. The fourth-order valence-corrected chi connectivity index (χ4v) is 1.75. The van der Waals surface area contributed by atoms with E-state index in [1.165, 1.54) is 18.9 Å². The number of benzene rings is 1. The van der Waals surface area contributed by atoms with E-state index in [1.54, 1.807) is 18.7 Å². The van der Waals surface area contributed by atoms with Gasteiger partial charge in [0.1, 0.15) is 17.9 Å². The third-order valence-electron chi connectivity index (χ3n) is 2.74. The number of rotatable bonds is 6. The fraction of sp³-hybridized carbons (Fsp3) is 0.333. The van der Waals surface area contributed by atoms with Gasteiger partial charge in [0, 0.05) is 17.5 Å². The van der Waals surface area contributed by atoms with Gasteiger partial charge in [-0.15, -0.1) is 0 Å². The van der Waals surface area contributed by atoms with Crippen molar-refractivity contribution in [3.63, 3.8) is 0 Å². The lowest BCUT2D eigenvalue weighted by atomic mass is 10.2. The Labute approximate surface area is 106 Å². The predicted molar refractivity (Wildman–Crippen MR) is 71.6 cm³/mol. The molecule has 0 aliphatic heterocycles. The van der Waals surface area contributed by atoms with Gasteiger partial charge in [-0.1, -0.05) is 19.8 Å². The molecule has 0 atom stereocenters. The minimum Gasteiger partial charge on any atom is -0.486 e. The molecule has 0 fully saturated rings. The van der Waals surface area contributed by atoms with Gasteiger partial charge >= 0.3 is 5.63 Å². The molecule has 95 valence electrons. The summed E-state index contributed by atoms with van der Waals surface area (Å²) < 4.78 is 10.6. The molecule has 0 saturated carbocycles. The monoisotopic (exact) mass is 245 g/mol. The van der Waals surface area contributed by atoms with Crippen molar-refractivity contribution in [1.82, 2.24) is 0 Å². The Hall–Kier alpha value is -1.77. The van der Waals surface area contributed by atoms with Crippen LogP contribution in [0.25, 0.3) is 11.0 Å². The molecule has 0 aliphatic carbocycles. The highest BCUT2D eigenvalue weighted by Crippen LogP contribution is 2.20. The molecule has 18 heavy (non-hydrogen) atoms. The molecular weight excluding hydrogens is 228 g/mol. The van der Waals surface area contributed by atoms with E-state index in [9.17, 15) is 4.79 Å². The van der Waals surface area contributed by atoms with Crippen LogP contribution in [0, 0.1) is 6.61 Å². The van der Waals surface area contributed by atoms with E-state index < -0.39 is 0 Å². The molecule has 2 aromatic rings. The molecule has 0 saturated heterocycles. The second kappa shape index (κ2) is 6.24. The molecule has 0 spiro atoms. The average Bonchev–Trinajstić information content (AvgIpc) is 2.38. The van der Waals surface area contributed by atoms with E-state index in [1.807, 2.05) is 12.1 Å². The Kier molecular flexibility index (Phi) is 4.40. The zero-order valence-electron chi connectivity index (χ0n) is 10.5. The molecule has 3 nitrogen and oxygen atoms in total. The maximum Gasteiger partial charge on any atom is 0.336 e. The summed E-state index contributed by atoms with van der Waals surface area (Å²) in [6.45, 7) is 3.98. The van der Waals surface area contributed by atoms with E-state index in [0.717, 1.165) is 18.2 Å². The summed E-state index contributed by atoms with van der Waals surface area (Å²) >= 11 is 0. The average molecular weight is 245 g/mol. The van der Waals surface area contributed by atoms with Gasteiger partial charge in [0.05, 0.1) is 0 Å². The molecule has 2 rings (SSSR count). The zero-order valence-corrected chi connectivity index (χ0v) is 10.5. The van der Waals surface area contributed by atoms with Crippen LogP contribution in [0.1, 0.15) is 32.6 Å². The van der Waals surface area contributed by atoms with Crippen molar-refractivity contribution in [3.05, 3.63) is 47.4 Å². The Morgan fingerprint density at radius 3 is 2.89 bits per heavy atom. The normalized spacial score (nSPS) is 10.7. The Bertz CT molecular complexity index is 557. The summed E-state index contributed by atoms with van der Waals surface area (Å²) in [7, 11) is 0. The van der Waals surface area contributed by atoms with Crippen molar-refractivity contribution < 1.29 is 9.15 Å². The lowest BCUT2D eigenvalue weighted by Crippen LogP contribution is -1.95. The summed E-state index contributed by atoms with van der Waals surface area (Å²) in [6.07, 6.45) is 4.49. The van der Waals surface area contributed by atoms with Crippen LogP contribution in [0.15, 0.2) is 39.5 Å². The van der Waals surface area contributed by atoms with Gasteiger partial charge in [-0.25, -0.2) is 4.79 Å². The summed E-state index contributed by atoms with van der Waals surface area (Å²) in [6, 6.07) is 8.66. The first-order valence-electron chi connectivity index (χ1n) is 6.32. The number of ether oxygens (including phenoxy) is 1. The van der Waals surface area contributed by atoms with Gasteiger partial charge in [0.25, 0.3) is 0 Å². The van der Waals surface area contributed by atoms with E-state index >= 15 is 0 Å². The van der Waals surface area contributed by atoms with Gasteiger partial charge < -0.3 is 9.15 Å². The first-order valence-corrected chi connectivity index (χ1v) is 6.32. The van der Waals surface area contributed by atoms with Crippen molar-refractivity contribution in [3.8, 4) is 5.75 Å². The van der Waals surface area contributed by atoms with Crippen molar-refractivity contribution >= 4 is 11.0 Å². The fourth-order valence-electron chi connectivity index (χ4n) is 1.75. The van der Waals surface area contributed by atoms with E-state index in [4.69, 9.17) is 9.15 Å². The van der Waals surface area contributed by atoms with E-state index in [2.05, 4.69) is 6.92 Å². The van der Waals surface area contributed by atoms with Crippen LogP contribution in [0.2, 0.25) is 0 Å². The van der Waals surface area contributed by atoms with Gasteiger partial charge in [-0.3, -0.25) is 0 Å². The van der Waals surface area contributed by atoms with Gasteiger partial charge in [0.15, 0.2) is 0 Å². The molecular formula is C15H17O3. The van der Waals surface area contributed by atoms with Crippen LogP contribution < -0.4 is 10.4 Å². The van der Waals surface area contributed by atoms with E-state index in [-0.39, 0.29) is 5.63 Å². The van der Waals surface area contributed by atoms with Gasteiger partial charge in [-0.2, -0.15) is 0 Å². The Morgan fingerprint density at radius 1 is 1.22 bits per heavy atom. The predicted octanol–water partition coefficient (Wildman–Crippen LogP) is 3.91. The maximum atomic E-state index is 11.1. The molecule has 3 heteroatoms. The zero-order chi connectivity index (χ0) is 12.8. The van der Waals surface area contributed by atoms with Crippen molar-refractivity contribution in [1.29, 1.82) is 0 Å². The lowest BCUT2D eigenvalue weighted by Gasteiger charge is -2.05. The van der Waals surface area contributed by atoms with Crippen LogP contribution in [-0.2, 0) is 0 Å². The number of fused-ring (bicyclic) bond motifs is 1. The van der Waals surface area contributed by atoms with Crippen LogP contribution in [0.5, 0.6) is 5.75 Å². The van der Waals surface area contributed by atoms with Crippen LogP contribution in [0.4, 0.5) is 0 Å². The number of hydrogen-bond acceptors (Lipinski definition) is 3. The SMILES string of the molecule is CCCCC[CH]Oc1ccc2ccc(=O)oc2c1. The molecule has 0 aliphatic rings. The standard InChI is InChI=1S/C15H17O3/c1-2-3-4-5-10-17-13-8-6-12-7-9-15(16)18-14(12)11-13/h6-11H,2-5H2,1H3. The molecule has 1 radical (unpaired) electrons. The van der Waals surface area contributed by atoms with E-state index in [0.29, 0.717) is 11.3 Å². The Balaban J connectivity index is 1.99. The molecule has 1 heterocycles. The highest BCUT2D eigenvalue weighted by Gasteiger charge is 2.00. The van der Waals surface area contributed by atoms with Crippen molar-refractivity contribution in [2.45, 2.75) is 32.6 Å². The highest BCUT2D eigenvalue weighted by atomic mass is 16.5. The molecule has 1 aromatic carbocycles. The summed E-state index contributed by atoms with van der Waals surface area (Å²) in [5.41, 5.74) is 0.216. The third-order valence-corrected chi connectivity index (χ3v) is 2.74. The largest absolute Gasteiger partial charge is 0.486 e. The topological polar surface area (TPSA) is 39.4 Å². The van der Waals surface area contributed by atoms with Crippen molar-refractivity contribution in [2.75, 3.05) is 0 Å². The second-order valence-corrected chi connectivity index (χ2v) is 4.23. The summed E-state index contributed by atoms with van der Waals surface area (Å²) in [5, 5.41) is 0.896. The third kappa shape index (κ3) is 3.36. The highest BCUT2D eigenvalue weighted by molar-refractivity contribution is 5.77. The number of hydrogen-bond donors (Lipinski definition) is 0. The van der Waals surface area contributed by atoms with Crippen LogP contribution >= 0.6 is 0 Å². The minimum atomic E-state index is -0.341. The maximum absolute atomic E-state index is 11.1. The molecule has 0 bridgehead atoms. The second-order valence-electron chi connectivity index (χ2n) is 4.23. The quantitative estimate of drug-likeness (QED) is 0.572. The summed E-state index contributed by atoms with van der Waals surface area (Å²) in [4.78, 5) is 11.1. The van der Waals surface area contributed by atoms with Crippen molar-refractivity contribution in [2.24, 2.45) is 0 Å². The van der Waals surface area contributed by atoms with Gasteiger partial charge in [-0.05, 0) is 31.0 Å². The molecule has 0 N–H and O–H groups in total. The molecule has 0 unspecified atom stereocenters. The first-order chi connectivity index (χ1) is 8.79. The van der Waals surface area contributed by atoms with Gasteiger partial charge in [0.2, 0.25) is 0 Å². The first kappa shape index (κ1) is 12.7. The van der Waals surface area contributed by atoms with Crippen LogP contribution in [0.3, 0.4) is 0 Å². The molecule has 0 amide bonds. The Morgan fingerprint density at radius 2 is 2.06 bits per heavy atom. The lowest BCUT2D eigenvalue weighted by molar-refractivity contribution is 0.384. The smallest absolute Gasteiger partial charge is 0.336 e. The summed E-state index contributed by atoms with van der Waals surface area (Å²) in [5.74, 6) is 0.702. The van der Waals surface area contributed by atoms with Crippen LogP contribution in [-0.4, -0.2) is 0 Å². The molecule has 1 aromatic heterocycles. The minimum absolute atomic E-state index is 0.341.